The third-order valence-corrected chi connectivity index (χ3v) is 8.88. The Balaban J connectivity index is 2.06. The molecule has 14 nitrogen and oxygen atoms in total. The minimum atomic E-state index is -3.80. The lowest BCUT2D eigenvalue weighted by Crippen LogP contribution is -2.27. The lowest BCUT2D eigenvalue weighted by Gasteiger charge is -2.22. The van der Waals surface area contributed by atoms with Crippen LogP contribution in [0.15, 0.2) is 41.4 Å². The molecule has 0 bridgehead atoms. The van der Waals surface area contributed by atoms with E-state index in [0.717, 1.165) is 0 Å². The van der Waals surface area contributed by atoms with Gasteiger partial charge in [0.15, 0.2) is 15.7 Å². The fourth-order valence-corrected chi connectivity index (χ4v) is 5.50. The van der Waals surface area contributed by atoms with Crippen LogP contribution in [0.3, 0.4) is 0 Å². The molecule has 0 saturated carbocycles. The number of nitrogens with zero attached hydrogens (tertiary/aromatic N) is 4. The molecule has 16 heteroatoms. The topological polar surface area (TPSA) is 178 Å². The number of methoxy groups -OCH3 is 1. The van der Waals surface area contributed by atoms with E-state index in [1.807, 2.05) is 18.7 Å². The summed E-state index contributed by atoms with van der Waals surface area (Å²) >= 11 is 6.41. The molecular weight excluding hydrogens is 626 g/mol. The van der Waals surface area contributed by atoms with Crippen molar-refractivity contribution in [1.29, 1.82) is 0 Å². The monoisotopic (exact) mass is 663 g/mol. The van der Waals surface area contributed by atoms with Gasteiger partial charge in [-0.1, -0.05) is 11.6 Å². The Labute approximate surface area is 267 Å². The van der Waals surface area contributed by atoms with Gasteiger partial charge < -0.3 is 25.0 Å². The quantitative estimate of drug-likeness (QED) is 0.135. The maximum absolute atomic E-state index is 13.2. The zero-order valence-electron chi connectivity index (χ0n) is 26.4. The van der Waals surface area contributed by atoms with Crippen LogP contribution in [-0.4, -0.2) is 60.5 Å². The Morgan fingerprint density at radius 1 is 1.11 bits per heavy atom. The van der Waals surface area contributed by atoms with E-state index >= 15 is 0 Å². The second-order valence-corrected chi connectivity index (χ2v) is 13.9. The molecule has 0 radical (unpaired) electrons. The number of hydrogen-bond acceptors (Lipinski definition) is 12. The summed E-state index contributed by atoms with van der Waals surface area (Å²) in [5.41, 5.74) is 0.0559. The first kappa shape index (κ1) is 35.1. The molecule has 2 aromatic carbocycles. The van der Waals surface area contributed by atoms with E-state index in [9.17, 15) is 23.3 Å². The van der Waals surface area contributed by atoms with Crippen LogP contribution in [0, 0.1) is 10.1 Å². The standard InChI is InChI=1S/C29H38ClN7O7S/c1-9-36(10-2)22-15-24(43-8)20(14-23(22)37(39)40)34-27-31-16-19(30)26(35-27)33-21-13-18(32-28(38)44-29(5,6)7)11-12-25(21)45(41,42)17(3)4/h11-17H,9-10H2,1-8H3,(H,32,38)(H2,31,33,34,35). The van der Waals surface area contributed by atoms with Gasteiger partial charge in [0, 0.05) is 30.9 Å². The average molecular weight is 664 g/mol. The largest absolute Gasteiger partial charge is 0.494 e. The summed E-state index contributed by atoms with van der Waals surface area (Å²) < 4.78 is 37.3. The highest BCUT2D eigenvalue weighted by atomic mass is 35.5. The first-order valence-corrected chi connectivity index (χ1v) is 16.0. The van der Waals surface area contributed by atoms with Gasteiger partial charge in [-0.15, -0.1) is 0 Å². The molecule has 1 heterocycles. The van der Waals surface area contributed by atoms with Crippen molar-refractivity contribution in [2.24, 2.45) is 0 Å². The summed E-state index contributed by atoms with van der Waals surface area (Å²) in [6.45, 7) is 13.1. The molecule has 0 spiro atoms. The van der Waals surface area contributed by atoms with Crippen molar-refractivity contribution in [1.82, 2.24) is 9.97 Å². The van der Waals surface area contributed by atoms with Crippen molar-refractivity contribution in [3.8, 4) is 5.75 Å². The van der Waals surface area contributed by atoms with Gasteiger partial charge in [0.2, 0.25) is 5.95 Å². The molecule has 0 aliphatic heterocycles. The highest BCUT2D eigenvalue weighted by molar-refractivity contribution is 7.92. The van der Waals surface area contributed by atoms with E-state index in [1.165, 1.54) is 37.6 Å². The summed E-state index contributed by atoms with van der Waals surface area (Å²) in [4.78, 5) is 34.2. The normalized spacial score (nSPS) is 11.6. The van der Waals surface area contributed by atoms with Crippen molar-refractivity contribution in [3.63, 3.8) is 0 Å². The number of nitrogens with one attached hydrogen (secondary N) is 3. The van der Waals surface area contributed by atoms with Crippen molar-refractivity contribution >= 4 is 67.7 Å². The first-order valence-electron chi connectivity index (χ1n) is 14.1. The summed E-state index contributed by atoms with van der Waals surface area (Å²) in [6.07, 6.45) is 0.554. The fraction of sp³-hybridized carbons (Fsp3) is 0.414. The predicted molar refractivity (Wildman–Crippen MR) is 175 cm³/mol. The number of ether oxygens (including phenoxy) is 2. The number of hydrogen-bond donors (Lipinski definition) is 3. The molecule has 3 aromatic rings. The van der Waals surface area contributed by atoms with Gasteiger partial charge in [-0.2, -0.15) is 4.98 Å². The highest BCUT2D eigenvalue weighted by Gasteiger charge is 2.26. The molecule has 1 aromatic heterocycles. The van der Waals surface area contributed by atoms with E-state index in [2.05, 4.69) is 25.9 Å². The van der Waals surface area contributed by atoms with Crippen molar-refractivity contribution in [2.45, 2.75) is 64.2 Å². The van der Waals surface area contributed by atoms with Gasteiger partial charge in [-0.05, 0) is 66.7 Å². The Bertz CT molecular complexity index is 1670. The molecular formula is C29H38ClN7O7S. The van der Waals surface area contributed by atoms with Gasteiger partial charge in [0.1, 0.15) is 22.1 Å². The number of rotatable bonds is 12. The predicted octanol–water partition coefficient (Wildman–Crippen LogP) is 6.91. The summed E-state index contributed by atoms with van der Waals surface area (Å²) in [7, 11) is -2.37. The lowest BCUT2D eigenvalue weighted by molar-refractivity contribution is -0.384. The third kappa shape index (κ3) is 8.63. The molecule has 0 aliphatic carbocycles. The number of halogens is 1. The number of carbonyl (C=O) groups excluding carboxylic acids is 1. The Morgan fingerprint density at radius 2 is 1.78 bits per heavy atom. The number of benzene rings is 2. The average Bonchev–Trinajstić information content (AvgIpc) is 2.94. The second kappa shape index (κ2) is 14.2. The van der Waals surface area contributed by atoms with Gasteiger partial charge in [0.05, 0.1) is 39.8 Å². The second-order valence-electron chi connectivity index (χ2n) is 11.0. The van der Waals surface area contributed by atoms with Gasteiger partial charge >= 0.3 is 6.09 Å². The number of nitro groups is 1. The Hall–Kier alpha value is -4.37. The van der Waals surface area contributed by atoms with Crippen molar-refractivity contribution in [2.75, 3.05) is 41.0 Å². The third-order valence-electron chi connectivity index (χ3n) is 6.39. The molecule has 244 valence electrons. The summed E-state index contributed by atoms with van der Waals surface area (Å²) in [5.74, 6) is 0.320. The van der Waals surface area contributed by atoms with Crippen LogP contribution in [0.1, 0.15) is 48.5 Å². The molecule has 0 aliphatic rings. The SMILES string of the molecule is CCN(CC)c1cc(OC)c(Nc2ncc(Cl)c(Nc3cc(NC(=O)OC(C)(C)C)ccc3S(=O)(=O)C(C)C)n2)cc1[N+](=O)[O-]. The summed E-state index contributed by atoms with van der Waals surface area (Å²) in [5, 5.41) is 19.7. The number of carbonyl (C=O) groups is 1. The van der Waals surface area contributed by atoms with Crippen molar-refractivity contribution < 1.29 is 27.6 Å². The van der Waals surface area contributed by atoms with Crippen LogP contribution in [-0.2, 0) is 14.6 Å². The highest BCUT2D eigenvalue weighted by Crippen LogP contribution is 2.40. The maximum atomic E-state index is 13.2. The van der Waals surface area contributed by atoms with Gasteiger partial charge in [-0.3, -0.25) is 15.4 Å². The molecule has 1 amide bonds. The number of nitro benzene ring substituents is 1. The Morgan fingerprint density at radius 3 is 2.33 bits per heavy atom. The minimum absolute atomic E-state index is 0.0126. The molecule has 3 rings (SSSR count). The molecule has 45 heavy (non-hydrogen) atoms. The van der Waals surface area contributed by atoms with Crippen LogP contribution in [0.5, 0.6) is 5.75 Å². The van der Waals surface area contributed by atoms with Crippen LogP contribution in [0.4, 0.5) is 45.0 Å². The maximum Gasteiger partial charge on any atom is 0.412 e. The van der Waals surface area contributed by atoms with Crippen LogP contribution >= 0.6 is 11.6 Å². The van der Waals surface area contributed by atoms with E-state index in [4.69, 9.17) is 21.1 Å². The molecule has 0 unspecified atom stereocenters. The number of amides is 1. The fourth-order valence-electron chi connectivity index (χ4n) is 4.18. The zero-order valence-corrected chi connectivity index (χ0v) is 28.0. The van der Waals surface area contributed by atoms with E-state index in [-0.39, 0.29) is 44.4 Å². The van der Waals surface area contributed by atoms with Crippen LogP contribution < -0.4 is 25.6 Å². The van der Waals surface area contributed by atoms with E-state index < -0.39 is 31.7 Å². The van der Waals surface area contributed by atoms with Gasteiger partial charge in [0.25, 0.3) is 5.69 Å². The zero-order chi connectivity index (χ0) is 33.7. The lowest BCUT2D eigenvalue weighted by atomic mass is 10.2. The van der Waals surface area contributed by atoms with Crippen LogP contribution in [0.25, 0.3) is 0 Å². The van der Waals surface area contributed by atoms with Gasteiger partial charge in [-0.25, -0.2) is 18.2 Å². The summed E-state index contributed by atoms with van der Waals surface area (Å²) in [6, 6.07) is 7.12. The number of sulfone groups is 1. The van der Waals surface area contributed by atoms with Crippen LogP contribution in [0.2, 0.25) is 5.02 Å². The molecule has 0 atom stereocenters. The number of aromatic nitrogens is 2. The van der Waals surface area contributed by atoms with Crippen molar-refractivity contribution in [3.05, 3.63) is 51.7 Å². The number of anilines is 6. The molecule has 0 fully saturated rings. The minimum Gasteiger partial charge on any atom is -0.494 e. The first-order chi connectivity index (χ1) is 21.0. The smallest absolute Gasteiger partial charge is 0.412 e. The van der Waals surface area contributed by atoms with E-state index in [0.29, 0.717) is 24.5 Å². The molecule has 0 saturated heterocycles. The Kier molecular flexibility index (Phi) is 11.0. The van der Waals surface area contributed by atoms with E-state index in [1.54, 1.807) is 40.7 Å². The molecule has 3 N–H and O–H groups in total.